The van der Waals surface area contributed by atoms with E-state index >= 15 is 0 Å². The maximum atomic E-state index is 12.9. The molecule has 2 amide bonds. The van der Waals surface area contributed by atoms with Crippen molar-refractivity contribution in [2.75, 3.05) is 13.1 Å². The van der Waals surface area contributed by atoms with Crippen LogP contribution in [0.3, 0.4) is 0 Å². The molecule has 1 aliphatic carbocycles. The molecular formula is C22H37N3O4. The molecule has 0 aromatic rings. The van der Waals surface area contributed by atoms with Crippen molar-refractivity contribution in [3.8, 4) is 0 Å². The number of isocyanates is 1. The minimum atomic E-state index is -1.00. The summed E-state index contributed by atoms with van der Waals surface area (Å²) >= 11 is 0. The van der Waals surface area contributed by atoms with Gasteiger partial charge in [-0.1, -0.05) is 27.4 Å². The number of amides is 2. The van der Waals surface area contributed by atoms with Gasteiger partial charge in [0.2, 0.25) is 6.08 Å². The van der Waals surface area contributed by atoms with Gasteiger partial charge < -0.3 is 15.3 Å². The maximum Gasteiger partial charge on any atom is 0.330 e. The molecule has 0 saturated heterocycles. The minimum Gasteiger partial charge on any atom is -0.478 e. The lowest BCUT2D eigenvalue weighted by Gasteiger charge is -2.45. The Hall–Kier alpha value is -2.14. The molecule has 1 saturated carbocycles. The molecular weight excluding hydrogens is 370 g/mol. The molecule has 0 radical (unpaired) electrons. The van der Waals surface area contributed by atoms with E-state index in [1.54, 1.807) is 11.0 Å². The Kier molecular flexibility index (Phi) is 8.22. The summed E-state index contributed by atoms with van der Waals surface area (Å²) in [7, 11) is 0. The van der Waals surface area contributed by atoms with Crippen LogP contribution in [0.15, 0.2) is 17.1 Å². The quantitative estimate of drug-likeness (QED) is 0.359. The van der Waals surface area contributed by atoms with E-state index in [4.69, 9.17) is 5.11 Å². The molecule has 0 aliphatic heterocycles. The van der Waals surface area contributed by atoms with Crippen LogP contribution in [0.1, 0.15) is 73.6 Å². The van der Waals surface area contributed by atoms with E-state index in [0.717, 1.165) is 19.3 Å². The zero-order valence-electron chi connectivity index (χ0n) is 18.8. The van der Waals surface area contributed by atoms with Crippen molar-refractivity contribution in [2.45, 2.75) is 85.2 Å². The van der Waals surface area contributed by atoms with Gasteiger partial charge in [0, 0.05) is 24.2 Å². The van der Waals surface area contributed by atoms with Gasteiger partial charge in [0.05, 0.1) is 6.04 Å². The zero-order valence-corrected chi connectivity index (χ0v) is 18.8. The number of carboxylic acid groups (broad SMARTS) is 1. The van der Waals surface area contributed by atoms with E-state index in [1.807, 2.05) is 20.8 Å². The molecule has 29 heavy (non-hydrogen) atoms. The lowest BCUT2D eigenvalue weighted by atomic mass is 9.63. The highest BCUT2D eigenvalue weighted by atomic mass is 16.4. The average Bonchev–Trinajstić information content (AvgIpc) is 2.53. The van der Waals surface area contributed by atoms with Crippen LogP contribution in [-0.4, -0.2) is 52.8 Å². The number of carbonyl (C=O) groups excluding carboxylic acids is 2. The summed E-state index contributed by atoms with van der Waals surface area (Å²) in [5.74, 6) is -1.00. The number of carbonyl (C=O) groups is 2. The molecule has 0 heterocycles. The fourth-order valence-corrected chi connectivity index (χ4v) is 4.56. The first-order valence-corrected chi connectivity index (χ1v) is 10.2. The first-order chi connectivity index (χ1) is 13.2. The van der Waals surface area contributed by atoms with Gasteiger partial charge in [-0.2, -0.15) is 0 Å². The predicted octanol–water partition coefficient (Wildman–Crippen LogP) is 4.14. The molecule has 0 aromatic heterocycles. The highest BCUT2D eigenvalue weighted by molar-refractivity contribution is 5.85. The summed E-state index contributed by atoms with van der Waals surface area (Å²) in [4.78, 5) is 40.3. The lowest BCUT2D eigenvalue weighted by Crippen LogP contribution is -2.53. The highest BCUT2D eigenvalue weighted by Gasteiger charge is 2.42. The molecule has 1 fully saturated rings. The van der Waals surface area contributed by atoms with Crippen molar-refractivity contribution >= 4 is 18.1 Å². The van der Waals surface area contributed by atoms with Crippen molar-refractivity contribution in [3.05, 3.63) is 12.2 Å². The van der Waals surface area contributed by atoms with Crippen LogP contribution in [0.4, 0.5) is 4.79 Å². The summed E-state index contributed by atoms with van der Waals surface area (Å²) in [6.45, 7) is 16.8. The molecule has 2 atom stereocenters. The number of nitrogens with one attached hydrogen (secondary N) is 1. The molecule has 2 N–H and O–H groups in total. The normalized spacial score (nSPS) is 23.6. The fourth-order valence-electron chi connectivity index (χ4n) is 4.56. The molecule has 0 bridgehead atoms. The van der Waals surface area contributed by atoms with Crippen molar-refractivity contribution in [1.82, 2.24) is 10.2 Å². The van der Waals surface area contributed by atoms with Gasteiger partial charge in [0.25, 0.3) is 0 Å². The number of nitrogens with zero attached hydrogens (tertiary/aromatic N) is 2. The standard InChI is InChI=1S/C22H37N3O4/c1-16(18(27)28)9-8-10-25(20(2,3)4)19(29)23-14-22(7)12-17(24-15-26)11-21(5,6)13-22/h17H,1,8-14H2,2-7H3,(H,23,29)(H,27,28). The molecule has 7 nitrogen and oxygen atoms in total. The van der Waals surface area contributed by atoms with Crippen molar-refractivity contribution < 1.29 is 19.5 Å². The smallest absolute Gasteiger partial charge is 0.330 e. The molecule has 0 spiro atoms. The number of carboxylic acids is 1. The third-order valence-electron chi connectivity index (χ3n) is 5.54. The van der Waals surface area contributed by atoms with E-state index in [-0.39, 0.29) is 28.5 Å². The molecule has 7 heteroatoms. The van der Waals surface area contributed by atoms with E-state index in [2.05, 4.69) is 37.7 Å². The van der Waals surface area contributed by atoms with Crippen LogP contribution in [0.5, 0.6) is 0 Å². The predicted molar refractivity (Wildman–Crippen MR) is 114 cm³/mol. The summed E-state index contributed by atoms with van der Waals surface area (Å²) in [6.07, 6.45) is 5.07. The summed E-state index contributed by atoms with van der Waals surface area (Å²) < 4.78 is 0. The fraction of sp³-hybridized carbons (Fsp3) is 0.773. The molecule has 164 valence electrons. The number of urea groups is 1. The van der Waals surface area contributed by atoms with E-state index in [0.29, 0.717) is 25.9 Å². The number of hydrogen-bond acceptors (Lipinski definition) is 4. The van der Waals surface area contributed by atoms with Gasteiger partial charge in [0.15, 0.2) is 0 Å². The first kappa shape index (κ1) is 24.9. The van der Waals surface area contributed by atoms with Crippen molar-refractivity contribution in [1.29, 1.82) is 0 Å². The maximum absolute atomic E-state index is 12.9. The molecule has 0 aromatic carbocycles. The second-order valence-electron chi connectivity index (χ2n) is 10.4. The SMILES string of the molecule is C=C(CCCN(C(=O)NCC1(C)CC(N=C=O)CC(C)(C)C1)C(C)(C)C)C(=O)O. The highest BCUT2D eigenvalue weighted by Crippen LogP contribution is 2.46. The molecule has 2 unspecified atom stereocenters. The zero-order chi connectivity index (χ0) is 22.5. The molecule has 1 aliphatic rings. The Labute approximate surface area is 174 Å². The first-order valence-electron chi connectivity index (χ1n) is 10.2. The van der Waals surface area contributed by atoms with Gasteiger partial charge in [-0.25, -0.2) is 19.4 Å². The topological polar surface area (TPSA) is 99.1 Å². The van der Waals surface area contributed by atoms with Crippen LogP contribution >= 0.6 is 0 Å². The van der Waals surface area contributed by atoms with Crippen LogP contribution < -0.4 is 5.32 Å². The van der Waals surface area contributed by atoms with E-state index < -0.39 is 11.5 Å². The lowest BCUT2D eigenvalue weighted by molar-refractivity contribution is -0.132. The average molecular weight is 408 g/mol. The van der Waals surface area contributed by atoms with Gasteiger partial charge in [-0.3, -0.25) is 0 Å². The Morgan fingerprint density at radius 2 is 1.90 bits per heavy atom. The van der Waals surface area contributed by atoms with Crippen molar-refractivity contribution in [2.24, 2.45) is 15.8 Å². The van der Waals surface area contributed by atoms with Crippen LogP contribution in [0, 0.1) is 10.8 Å². The third kappa shape index (κ3) is 8.01. The Balaban J connectivity index is 2.77. The van der Waals surface area contributed by atoms with Crippen LogP contribution in [0.25, 0.3) is 0 Å². The Bertz CT molecular complexity index is 674. The number of rotatable bonds is 8. The van der Waals surface area contributed by atoms with E-state index in [1.165, 1.54) is 0 Å². The van der Waals surface area contributed by atoms with Gasteiger partial charge in [0.1, 0.15) is 0 Å². The summed E-state index contributed by atoms with van der Waals surface area (Å²) in [5.41, 5.74) is -0.378. The molecule has 1 rings (SSSR count). The monoisotopic (exact) mass is 407 g/mol. The van der Waals surface area contributed by atoms with Crippen LogP contribution in [0.2, 0.25) is 0 Å². The summed E-state index contributed by atoms with van der Waals surface area (Å²) in [5, 5.41) is 12.0. The van der Waals surface area contributed by atoms with Crippen molar-refractivity contribution in [3.63, 3.8) is 0 Å². The van der Waals surface area contributed by atoms with Gasteiger partial charge in [-0.15, -0.1) is 0 Å². The number of aliphatic carboxylic acids is 1. The third-order valence-corrected chi connectivity index (χ3v) is 5.54. The Morgan fingerprint density at radius 3 is 2.41 bits per heavy atom. The minimum absolute atomic E-state index is 0.0314. The number of hydrogen-bond donors (Lipinski definition) is 2. The number of aliphatic imine (C=N–C) groups is 1. The second kappa shape index (κ2) is 9.57. The van der Waals surface area contributed by atoms with E-state index in [9.17, 15) is 14.4 Å². The van der Waals surface area contributed by atoms with Gasteiger partial charge in [-0.05, 0) is 63.7 Å². The second-order valence-corrected chi connectivity index (χ2v) is 10.4. The van der Waals surface area contributed by atoms with Gasteiger partial charge >= 0.3 is 12.0 Å². The summed E-state index contributed by atoms with van der Waals surface area (Å²) in [6, 6.07) is -0.239. The Morgan fingerprint density at radius 1 is 1.28 bits per heavy atom. The largest absolute Gasteiger partial charge is 0.478 e. The van der Waals surface area contributed by atoms with Crippen LogP contribution in [-0.2, 0) is 9.59 Å².